The Kier molecular flexibility index (Phi) is 7.45. The Hall–Kier alpha value is 0.0300. The van der Waals surface area contributed by atoms with Crippen LogP contribution in [0.3, 0.4) is 0 Å². The van der Waals surface area contributed by atoms with Crippen molar-refractivity contribution in [2.24, 2.45) is 0 Å². The van der Waals surface area contributed by atoms with Gasteiger partial charge in [-0.05, 0) is 6.92 Å². The van der Waals surface area contributed by atoms with E-state index in [0.717, 1.165) is 0 Å². The molecule has 0 amide bonds. The van der Waals surface area contributed by atoms with Crippen LogP contribution in [-0.2, 0) is 15.5 Å². The van der Waals surface area contributed by atoms with Crippen LogP contribution in [0.2, 0.25) is 0 Å². The van der Waals surface area contributed by atoms with Crippen LogP contribution >= 0.6 is 0 Å². The summed E-state index contributed by atoms with van der Waals surface area (Å²) in [6, 6.07) is 0. The molecule has 5 heteroatoms. The second-order valence-electron chi connectivity index (χ2n) is 3.08. The molecule has 0 radical (unpaired) electrons. The van der Waals surface area contributed by atoms with E-state index in [4.69, 9.17) is 4.74 Å². The van der Waals surface area contributed by atoms with Gasteiger partial charge in [0.15, 0.2) is 0 Å². The van der Waals surface area contributed by atoms with Crippen molar-refractivity contribution < 1.29 is 14.1 Å². The Bertz CT molecular complexity index is 154. The quantitative estimate of drug-likeness (QED) is 0.585. The van der Waals surface area contributed by atoms with Gasteiger partial charge in [-0.15, -0.1) is 0 Å². The molecule has 0 rings (SSSR count). The maximum Gasteiger partial charge on any atom is 0.0897 e. The second-order valence-corrected chi connectivity index (χ2v) is 4.88. The Morgan fingerprint density at radius 1 is 1.54 bits per heavy atom. The van der Waals surface area contributed by atoms with Crippen LogP contribution in [0.15, 0.2) is 0 Å². The molecule has 13 heavy (non-hydrogen) atoms. The van der Waals surface area contributed by atoms with Gasteiger partial charge >= 0.3 is 0 Å². The van der Waals surface area contributed by atoms with Crippen molar-refractivity contribution in [1.29, 1.82) is 0 Å². The fraction of sp³-hybridized carbons (Fsp3) is 1.00. The van der Waals surface area contributed by atoms with Crippen LogP contribution < -0.4 is 5.32 Å². The lowest BCUT2D eigenvalue weighted by atomic mass is 10.3. The largest absolute Gasteiger partial charge is 0.389 e. The third kappa shape index (κ3) is 7.13. The zero-order valence-corrected chi connectivity index (χ0v) is 9.26. The predicted octanol–water partition coefficient (Wildman–Crippen LogP) is -0.650. The van der Waals surface area contributed by atoms with Crippen LogP contribution in [0.1, 0.15) is 6.92 Å². The highest BCUT2D eigenvalue weighted by molar-refractivity contribution is 7.84. The minimum atomic E-state index is -0.804. The summed E-state index contributed by atoms with van der Waals surface area (Å²) in [5.41, 5.74) is 0. The van der Waals surface area contributed by atoms with Gasteiger partial charge in [0.05, 0.1) is 12.7 Å². The third-order valence-corrected chi connectivity index (χ3v) is 3.04. The van der Waals surface area contributed by atoms with E-state index in [1.165, 1.54) is 0 Å². The van der Waals surface area contributed by atoms with Crippen LogP contribution in [0, 0.1) is 0 Å². The SMILES string of the molecule is COCC(O)CNCC(C)S(C)=O. The highest BCUT2D eigenvalue weighted by Crippen LogP contribution is 1.90. The van der Waals surface area contributed by atoms with Crippen LogP contribution in [0.25, 0.3) is 0 Å². The molecule has 0 bridgehead atoms. The lowest BCUT2D eigenvalue weighted by Gasteiger charge is -2.13. The molecule has 0 aromatic carbocycles. The molecule has 0 heterocycles. The molecule has 0 aromatic rings. The molecule has 0 aliphatic rings. The zero-order chi connectivity index (χ0) is 10.3. The minimum absolute atomic E-state index is 0.120. The van der Waals surface area contributed by atoms with E-state index in [2.05, 4.69) is 5.32 Å². The van der Waals surface area contributed by atoms with Crippen molar-refractivity contribution in [3.8, 4) is 0 Å². The van der Waals surface area contributed by atoms with Gasteiger partial charge in [-0.25, -0.2) is 0 Å². The van der Waals surface area contributed by atoms with Gasteiger partial charge in [-0.2, -0.15) is 0 Å². The number of aliphatic hydroxyl groups is 1. The zero-order valence-electron chi connectivity index (χ0n) is 8.45. The van der Waals surface area contributed by atoms with Crippen molar-refractivity contribution >= 4 is 10.8 Å². The van der Waals surface area contributed by atoms with Crippen LogP contribution in [0.4, 0.5) is 0 Å². The first-order valence-electron chi connectivity index (χ1n) is 4.27. The van der Waals surface area contributed by atoms with Crippen molar-refractivity contribution in [3.05, 3.63) is 0 Å². The number of nitrogens with one attached hydrogen (secondary N) is 1. The standard InChI is InChI=1S/C8H19NO3S/c1-7(13(3)11)4-9-5-8(10)6-12-2/h7-10H,4-6H2,1-3H3. The smallest absolute Gasteiger partial charge is 0.0897 e. The molecule has 4 nitrogen and oxygen atoms in total. The van der Waals surface area contributed by atoms with Gasteiger partial charge in [0.1, 0.15) is 0 Å². The molecule has 80 valence electrons. The lowest BCUT2D eigenvalue weighted by molar-refractivity contribution is 0.0648. The van der Waals surface area contributed by atoms with Gasteiger partial charge in [0.25, 0.3) is 0 Å². The summed E-state index contributed by atoms with van der Waals surface area (Å²) in [7, 11) is 0.744. The summed E-state index contributed by atoms with van der Waals surface area (Å²) < 4.78 is 15.7. The second kappa shape index (κ2) is 7.44. The normalized spacial score (nSPS) is 18.2. The minimum Gasteiger partial charge on any atom is -0.389 e. The maximum absolute atomic E-state index is 10.9. The van der Waals surface area contributed by atoms with E-state index in [9.17, 15) is 9.32 Å². The summed E-state index contributed by atoms with van der Waals surface area (Å²) in [6.07, 6.45) is 1.19. The lowest BCUT2D eigenvalue weighted by Crippen LogP contribution is -2.35. The first kappa shape index (κ1) is 13.0. The first-order valence-corrected chi connectivity index (χ1v) is 5.90. The molecule has 0 spiro atoms. The van der Waals surface area contributed by atoms with E-state index in [1.54, 1.807) is 13.4 Å². The molecule has 0 fully saturated rings. The summed E-state index contributed by atoms with van der Waals surface area (Å²) in [4.78, 5) is 0. The average Bonchev–Trinajstić information content (AvgIpc) is 2.04. The number of aliphatic hydroxyl groups excluding tert-OH is 1. The average molecular weight is 209 g/mol. The summed E-state index contributed by atoms with van der Waals surface area (Å²) >= 11 is 0. The fourth-order valence-corrected chi connectivity index (χ4v) is 1.17. The van der Waals surface area contributed by atoms with Gasteiger partial charge in [0.2, 0.25) is 0 Å². The van der Waals surface area contributed by atoms with E-state index in [-0.39, 0.29) is 5.25 Å². The van der Waals surface area contributed by atoms with Crippen molar-refractivity contribution in [2.75, 3.05) is 33.1 Å². The van der Waals surface area contributed by atoms with Crippen LogP contribution in [-0.4, -0.2) is 53.7 Å². The summed E-state index contributed by atoms with van der Waals surface area (Å²) in [6.45, 7) is 3.38. The predicted molar refractivity (Wildman–Crippen MR) is 54.3 cm³/mol. The number of rotatable bonds is 7. The summed E-state index contributed by atoms with van der Waals surface area (Å²) in [5.74, 6) is 0. The summed E-state index contributed by atoms with van der Waals surface area (Å²) in [5, 5.41) is 12.4. The molecule has 0 saturated carbocycles. The molecule has 3 atom stereocenters. The fourth-order valence-electron chi connectivity index (χ4n) is 0.822. The van der Waals surface area contributed by atoms with E-state index in [0.29, 0.717) is 19.7 Å². The monoisotopic (exact) mass is 209 g/mol. The molecule has 2 N–H and O–H groups in total. The molecule has 0 aliphatic carbocycles. The van der Waals surface area contributed by atoms with Gasteiger partial charge in [0, 0.05) is 42.5 Å². The van der Waals surface area contributed by atoms with Crippen molar-refractivity contribution in [3.63, 3.8) is 0 Å². The molecule has 0 saturated heterocycles. The van der Waals surface area contributed by atoms with E-state index < -0.39 is 16.9 Å². The molecule has 0 aliphatic heterocycles. The van der Waals surface area contributed by atoms with Gasteiger partial charge in [-0.1, -0.05) is 0 Å². The molecule has 3 unspecified atom stereocenters. The Balaban J connectivity index is 3.39. The Morgan fingerprint density at radius 3 is 2.62 bits per heavy atom. The van der Waals surface area contributed by atoms with E-state index >= 15 is 0 Å². The highest BCUT2D eigenvalue weighted by Gasteiger charge is 2.07. The highest BCUT2D eigenvalue weighted by atomic mass is 32.2. The number of methoxy groups -OCH3 is 1. The number of hydrogen-bond acceptors (Lipinski definition) is 4. The number of hydrogen-bond donors (Lipinski definition) is 2. The molecule has 0 aromatic heterocycles. The molecular weight excluding hydrogens is 190 g/mol. The Morgan fingerprint density at radius 2 is 2.15 bits per heavy atom. The Labute approximate surface area is 82.1 Å². The number of ether oxygens (including phenoxy) is 1. The first-order chi connectivity index (χ1) is 6.07. The maximum atomic E-state index is 10.9. The van der Waals surface area contributed by atoms with Crippen LogP contribution in [0.5, 0.6) is 0 Å². The van der Waals surface area contributed by atoms with Crippen molar-refractivity contribution in [2.45, 2.75) is 18.3 Å². The third-order valence-electron chi connectivity index (χ3n) is 1.74. The molecular formula is C8H19NO3S. The topological polar surface area (TPSA) is 58.6 Å². The van der Waals surface area contributed by atoms with Gasteiger partial charge in [-0.3, -0.25) is 4.21 Å². The van der Waals surface area contributed by atoms with Gasteiger partial charge < -0.3 is 15.2 Å². The van der Waals surface area contributed by atoms with Crippen molar-refractivity contribution in [1.82, 2.24) is 5.32 Å². The van der Waals surface area contributed by atoms with E-state index in [1.807, 2.05) is 6.92 Å².